The Labute approximate surface area is 287 Å². The first-order chi connectivity index (χ1) is 23.2. The highest BCUT2D eigenvalue weighted by molar-refractivity contribution is 7.89. The van der Waals surface area contributed by atoms with Crippen LogP contribution >= 0.6 is 0 Å². The molecule has 1 aromatic heterocycles. The number of ether oxygens (including phenoxy) is 4. The number of benzene rings is 2. The zero-order valence-corrected chi connectivity index (χ0v) is 29.4. The molecule has 2 fully saturated rings. The van der Waals surface area contributed by atoms with Gasteiger partial charge < -0.3 is 39.1 Å². The van der Waals surface area contributed by atoms with Gasteiger partial charge in [-0.05, 0) is 63.3 Å². The fourth-order valence-corrected chi connectivity index (χ4v) is 7.67. The molecule has 3 heterocycles. The number of carbonyl (C=O) groups excluding carboxylic acids is 2. The summed E-state index contributed by atoms with van der Waals surface area (Å²) < 4.78 is 57.4. The van der Waals surface area contributed by atoms with Crippen LogP contribution in [0.25, 0.3) is 11.0 Å². The van der Waals surface area contributed by atoms with Gasteiger partial charge in [0.25, 0.3) is 0 Å². The van der Waals surface area contributed by atoms with Gasteiger partial charge in [-0.15, -0.1) is 0 Å². The molecule has 0 spiro atoms. The topological polar surface area (TPSA) is 166 Å². The molecule has 13 nitrogen and oxygen atoms in total. The van der Waals surface area contributed by atoms with Crippen molar-refractivity contribution < 1.29 is 46.5 Å². The minimum Gasteiger partial charge on any atom is -0.464 e. The third-order valence-corrected chi connectivity index (χ3v) is 10.2. The highest BCUT2D eigenvalue weighted by Crippen LogP contribution is 2.33. The van der Waals surface area contributed by atoms with E-state index in [4.69, 9.17) is 23.4 Å². The van der Waals surface area contributed by atoms with Crippen LogP contribution in [0.4, 0.5) is 9.59 Å². The first kappa shape index (κ1) is 36.6. The van der Waals surface area contributed by atoms with Gasteiger partial charge in [0.05, 0.1) is 42.4 Å². The maximum Gasteiger partial charge on any atom is 0.407 e. The summed E-state index contributed by atoms with van der Waals surface area (Å²) in [7, 11) is -4.15. The van der Waals surface area contributed by atoms with E-state index in [1.165, 1.54) is 22.7 Å². The van der Waals surface area contributed by atoms with Crippen LogP contribution < -0.4 is 10.6 Å². The Bertz CT molecular complexity index is 1690. The molecule has 14 heteroatoms. The maximum absolute atomic E-state index is 14.2. The first-order valence-electron chi connectivity index (χ1n) is 16.6. The molecule has 2 amide bonds. The van der Waals surface area contributed by atoms with Gasteiger partial charge in [0, 0.05) is 30.6 Å². The summed E-state index contributed by atoms with van der Waals surface area (Å²) >= 11 is 0. The predicted octanol–water partition coefficient (Wildman–Crippen LogP) is 4.56. The normalized spacial score (nSPS) is 20.7. The first-order valence-corrected chi connectivity index (χ1v) is 18.0. The zero-order valence-electron chi connectivity index (χ0n) is 28.6. The number of rotatable bonds is 13. The van der Waals surface area contributed by atoms with Gasteiger partial charge in [-0.1, -0.05) is 44.2 Å². The van der Waals surface area contributed by atoms with E-state index in [2.05, 4.69) is 10.6 Å². The largest absolute Gasteiger partial charge is 0.464 e. The van der Waals surface area contributed by atoms with Gasteiger partial charge in [0.2, 0.25) is 10.0 Å². The molecule has 0 radical (unpaired) electrons. The molecular formula is C35H47N3O10S. The van der Waals surface area contributed by atoms with Crippen LogP contribution in [0.5, 0.6) is 0 Å². The van der Waals surface area contributed by atoms with Crippen LogP contribution in [0.2, 0.25) is 0 Å². The van der Waals surface area contributed by atoms with Crippen LogP contribution in [-0.4, -0.2) is 86.5 Å². The number of furan rings is 1. The number of sulfonamides is 1. The van der Waals surface area contributed by atoms with Crippen LogP contribution in [0.15, 0.2) is 64.1 Å². The number of aliphatic hydroxyl groups excluding tert-OH is 1. The second-order valence-electron chi connectivity index (χ2n) is 14.0. The molecule has 49 heavy (non-hydrogen) atoms. The highest BCUT2D eigenvalue weighted by Gasteiger charge is 2.44. The van der Waals surface area contributed by atoms with Crippen LogP contribution in [0.1, 0.15) is 52.2 Å². The summed E-state index contributed by atoms with van der Waals surface area (Å²) in [4.78, 5) is 25.4. The minimum absolute atomic E-state index is 0.00526. The number of alkyl carbamates (subject to hydrolysis) is 2. The number of aliphatic hydroxyl groups is 1. The summed E-state index contributed by atoms with van der Waals surface area (Å²) in [5.41, 5.74) is 1.19. The van der Waals surface area contributed by atoms with Crippen molar-refractivity contribution in [3.63, 3.8) is 0 Å². The van der Waals surface area contributed by atoms with E-state index in [0.717, 1.165) is 5.56 Å². The lowest BCUT2D eigenvalue weighted by Gasteiger charge is -2.31. The highest BCUT2D eigenvalue weighted by atomic mass is 32.2. The Hall–Kier alpha value is -3.69. The summed E-state index contributed by atoms with van der Waals surface area (Å²) in [6.45, 7) is 9.67. The number of amides is 2. The molecule has 3 aromatic rings. The second-order valence-corrected chi connectivity index (χ2v) is 15.9. The van der Waals surface area contributed by atoms with Gasteiger partial charge in [-0.25, -0.2) is 18.0 Å². The maximum atomic E-state index is 14.2. The Morgan fingerprint density at radius 3 is 2.53 bits per heavy atom. The number of hydrogen-bond acceptors (Lipinski definition) is 10. The Balaban J connectivity index is 1.34. The van der Waals surface area contributed by atoms with Crippen LogP contribution in [0.3, 0.4) is 0 Å². The van der Waals surface area contributed by atoms with Gasteiger partial charge in [-0.2, -0.15) is 4.31 Å². The molecule has 3 N–H and O–H groups in total. The SMILES string of the molecule is CC(C)CN(C[C@@H](O)[C@H](Cc1ccccc1)NC(=O)O[C@H]1CO[C@H]2OCC[C@H]21)S(=O)(=O)c1ccc2occ(CNC(=O)OC(C)(C)C)c2c1. The van der Waals surface area contributed by atoms with E-state index in [0.29, 0.717) is 29.6 Å². The molecule has 0 saturated carbocycles. The fraction of sp³-hybridized carbons (Fsp3) is 0.543. The number of nitrogens with zero attached hydrogens (tertiary/aromatic N) is 1. The molecule has 2 aliphatic heterocycles. The summed E-state index contributed by atoms with van der Waals surface area (Å²) in [5, 5.41) is 17.6. The minimum atomic E-state index is -4.15. The average Bonchev–Trinajstić information content (AvgIpc) is 3.76. The van der Waals surface area contributed by atoms with Crippen molar-refractivity contribution in [3.05, 3.63) is 65.9 Å². The van der Waals surface area contributed by atoms with Crippen molar-refractivity contribution in [2.75, 3.05) is 26.3 Å². The summed E-state index contributed by atoms with van der Waals surface area (Å²) in [5.74, 6) is -0.140. The fourth-order valence-electron chi connectivity index (χ4n) is 6.02. The smallest absolute Gasteiger partial charge is 0.407 e. The number of fused-ring (bicyclic) bond motifs is 2. The van der Waals surface area contributed by atoms with E-state index in [1.807, 2.05) is 44.2 Å². The molecule has 0 unspecified atom stereocenters. The molecule has 268 valence electrons. The van der Waals surface area contributed by atoms with Crippen molar-refractivity contribution in [3.8, 4) is 0 Å². The monoisotopic (exact) mass is 701 g/mol. The van der Waals surface area contributed by atoms with E-state index in [-0.39, 0.29) is 49.4 Å². The zero-order chi connectivity index (χ0) is 35.3. The predicted molar refractivity (Wildman–Crippen MR) is 180 cm³/mol. The van der Waals surface area contributed by atoms with E-state index in [1.54, 1.807) is 26.8 Å². The Kier molecular flexibility index (Phi) is 11.5. The van der Waals surface area contributed by atoms with Crippen LogP contribution in [-0.2, 0) is 41.9 Å². The molecule has 2 aliphatic rings. The number of carbonyl (C=O) groups is 2. The van der Waals surface area contributed by atoms with E-state index >= 15 is 0 Å². The van der Waals surface area contributed by atoms with Crippen molar-refractivity contribution in [2.24, 2.45) is 11.8 Å². The van der Waals surface area contributed by atoms with Crippen molar-refractivity contribution in [1.29, 1.82) is 0 Å². The number of hydrogen-bond donors (Lipinski definition) is 3. The standard InChI is InChI=1S/C35H47N3O10S/c1-22(2)18-38(49(42,43)25-11-12-30-27(16-25)24(20-45-30)17-36-33(40)48-35(3,4)5)19-29(39)28(15-23-9-7-6-8-10-23)37-34(41)47-31-21-46-32-26(31)13-14-44-32/h6-12,16,20,22,26,28-29,31-32,39H,13-15,17-19,21H2,1-5H3,(H,36,40)(H,37,41)/t26-,28-,29+,31-,32+/m0/s1. The molecule has 2 aromatic carbocycles. The summed E-state index contributed by atoms with van der Waals surface area (Å²) in [6, 6.07) is 13.0. The lowest BCUT2D eigenvalue weighted by atomic mass is 10.0. The molecule has 0 aliphatic carbocycles. The lowest BCUT2D eigenvalue weighted by molar-refractivity contribution is -0.0907. The third-order valence-electron chi connectivity index (χ3n) is 8.35. The average molecular weight is 702 g/mol. The lowest BCUT2D eigenvalue weighted by Crippen LogP contribution is -2.51. The van der Waals surface area contributed by atoms with E-state index in [9.17, 15) is 23.1 Å². The summed E-state index contributed by atoms with van der Waals surface area (Å²) in [6.07, 6.45) is -1.10. The van der Waals surface area contributed by atoms with Crippen LogP contribution in [0, 0.1) is 11.8 Å². The second kappa shape index (κ2) is 15.5. The van der Waals surface area contributed by atoms with Crippen molar-refractivity contribution in [2.45, 2.75) is 89.0 Å². The Morgan fingerprint density at radius 1 is 1.06 bits per heavy atom. The van der Waals surface area contributed by atoms with Crippen molar-refractivity contribution >= 4 is 33.2 Å². The molecule has 5 rings (SSSR count). The number of nitrogens with one attached hydrogen (secondary N) is 2. The molecule has 0 bridgehead atoms. The molecule has 5 atom stereocenters. The molecular weight excluding hydrogens is 654 g/mol. The van der Waals surface area contributed by atoms with Gasteiger partial charge in [0.15, 0.2) is 6.29 Å². The quantitative estimate of drug-likeness (QED) is 0.230. The Morgan fingerprint density at radius 2 is 1.82 bits per heavy atom. The van der Waals surface area contributed by atoms with E-state index < -0.39 is 52.4 Å². The van der Waals surface area contributed by atoms with Gasteiger partial charge in [0.1, 0.15) is 17.3 Å². The third kappa shape index (κ3) is 9.51. The van der Waals surface area contributed by atoms with Gasteiger partial charge >= 0.3 is 12.2 Å². The van der Waals surface area contributed by atoms with Crippen molar-refractivity contribution in [1.82, 2.24) is 14.9 Å². The molecule has 2 saturated heterocycles. The van der Waals surface area contributed by atoms with Gasteiger partial charge in [-0.3, -0.25) is 0 Å².